The van der Waals surface area contributed by atoms with Crippen LogP contribution in [0.2, 0.25) is 0 Å². The number of dihydropyridines is 1. The van der Waals surface area contributed by atoms with Crippen LogP contribution in [0.5, 0.6) is 5.88 Å². The second-order valence-electron chi connectivity index (χ2n) is 8.07. The third kappa shape index (κ3) is 4.62. The van der Waals surface area contributed by atoms with E-state index in [1.54, 1.807) is 6.21 Å². The molecule has 1 aromatic heterocycles. The van der Waals surface area contributed by atoms with Gasteiger partial charge in [0.2, 0.25) is 5.88 Å². The molecular formula is C22H25ClN4O2. The maximum Gasteiger partial charge on any atom is 0.213 e. The molecule has 3 aliphatic rings. The number of rotatable bonds is 5. The number of Topliss-reactive ketones (excluding diaryl/α,β-unsaturated/α-hetero) is 1. The summed E-state index contributed by atoms with van der Waals surface area (Å²) in [6, 6.07) is 6.45. The number of carbonyl (C=O) groups is 1. The number of aromatic nitrogens is 1. The smallest absolute Gasteiger partial charge is 0.213 e. The first-order chi connectivity index (χ1) is 14.1. The molecule has 0 spiro atoms. The van der Waals surface area contributed by atoms with Gasteiger partial charge in [-0.1, -0.05) is 11.6 Å². The molecular weight excluding hydrogens is 388 g/mol. The summed E-state index contributed by atoms with van der Waals surface area (Å²) in [5, 5.41) is 9.16. The minimum atomic E-state index is -0.132. The molecule has 1 saturated heterocycles. The van der Waals surface area contributed by atoms with Crippen molar-refractivity contribution >= 4 is 23.6 Å². The van der Waals surface area contributed by atoms with Crippen LogP contribution in [0.4, 0.5) is 0 Å². The number of allylic oxidation sites excluding steroid dienone is 1. The predicted octanol–water partition coefficient (Wildman–Crippen LogP) is 3.83. The fraction of sp³-hybridized carbons (Fsp3) is 0.545. The average molecular weight is 413 g/mol. The summed E-state index contributed by atoms with van der Waals surface area (Å²) in [5.74, 6) is 1.59. The molecule has 4 rings (SSSR count). The Kier molecular flexibility index (Phi) is 6.15. The van der Waals surface area contributed by atoms with Gasteiger partial charge in [-0.25, -0.2) is 4.98 Å². The third-order valence-electron chi connectivity index (χ3n) is 6.15. The van der Waals surface area contributed by atoms with Gasteiger partial charge >= 0.3 is 0 Å². The van der Waals surface area contributed by atoms with Crippen molar-refractivity contribution in [2.24, 2.45) is 10.9 Å². The zero-order chi connectivity index (χ0) is 20.2. The quantitative estimate of drug-likeness (QED) is 0.734. The molecule has 0 aromatic carbocycles. The molecule has 0 bridgehead atoms. The van der Waals surface area contributed by atoms with Gasteiger partial charge in [0, 0.05) is 37.9 Å². The van der Waals surface area contributed by atoms with Gasteiger partial charge in [-0.15, -0.1) is 0 Å². The van der Waals surface area contributed by atoms with Gasteiger partial charge in [-0.3, -0.25) is 9.79 Å². The molecule has 152 valence electrons. The van der Waals surface area contributed by atoms with Gasteiger partial charge in [0.15, 0.2) is 5.78 Å². The number of hydrogen-bond donors (Lipinski definition) is 0. The summed E-state index contributed by atoms with van der Waals surface area (Å²) in [4.78, 5) is 22.4. The number of ether oxygens (including phenoxy) is 1. The van der Waals surface area contributed by atoms with Gasteiger partial charge in [0.25, 0.3) is 0 Å². The van der Waals surface area contributed by atoms with E-state index in [1.807, 2.05) is 6.20 Å². The lowest BCUT2D eigenvalue weighted by molar-refractivity contribution is -0.113. The van der Waals surface area contributed by atoms with E-state index in [2.05, 4.69) is 33.1 Å². The molecule has 3 heterocycles. The van der Waals surface area contributed by atoms with Crippen molar-refractivity contribution in [1.82, 2.24) is 9.88 Å². The Bertz CT molecular complexity index is 868. The third-order valence-corrected chi connectivity index (χ3v) is 6.55. The molecule has 0 unspecified atom stereocenters. The van der Waals surface area contributed by atoms with Crippen LogP contribution in [0.15, 0.2) is 34.1 Å². The van der Waals surface area contributed by atoms with Gasteiger partial charge in [-0.05, 0) is 49.1 Å². The summed E-state index contributed by atoms with van der Waals surface area (Å²) in [7, 11) is 0. The molecule has 2 fully saturated rings. The van der Waals surface area contributed by atoms with Crippen molar-refractivity contribution in [2.45, 2.75) is 50.5 Å². The van der Waals surface area contributed by atoms with Crippen LogP contribution in [0.3, 0.4) is 0 Å². The number of carbonyl (C=O) groups excluding carboxylic acids is 1. The number of likely N-dealkylation sites (tertiary alicyclic amines) is 1. The summed E-state index contributed by atoms with van der Waals surface area (Å²) in [5.41, 5.74) is 1.97. The number of halogens is 1. The number of aliphatic imine (C=N–C) groups is 1. The van der Waals surface area contributed by atoms with Crippen LogP contribution in [0, 0.1) is 17.2 Å². The van der Waals surface area contributed by atoms with E-state index in [-0.39, 0.29) is 23.5 Å². The van der Waals surface area contributed by atoms with Crippen molar-refractivity contribution in [3.63, 3.8) is 0 Å². The highest BCUT2D eigenvalue weighted by Crippen LogP contribution is 2.37. The summed E-state index contributed by atoms with van der Waals surface area (Å²) in [6.07, 6.45) is 9.51. The van der Waals surface area contributed by atoms with Crippen LogP contribution < -0.4 is 4.74 Å². The molecule has 0 amide bonds. The lowest BCUT2D eigenvalue weighted by atomic mass is 9.78. The van der Waals surface area contributed by atoms with Gasteiger partial charge < -0.3 is 9.64 Å². The first kappa shape index (κ1) is 19.9. The van der Waals surface area contributed by atoms with E-state index < -0.39 is 0 Å². The second kappa shape index (κ2) is 8.96. The van der Waals surface area contributed by atoms with E-state index in [4.69, 9.17) is 21.6 Å². The van der Waals surface area contributed by atoms with Crippen LogP contribution in [-0.2, 0) is 4.79 Å². The van der Waals surface area contributed by atoms with Crippen LogP contribution in [-0.4, -0.2) is 47.6 Å². The number of nitrogens with zero attached hydrogens (tertiary/aromatic N) is 4. The summed E-state index contributed by atoms with van der Waals surface area (Å²) >= 11 is 6.18. The fourth-order valence-corrected chi connectivity index (χ4v) is 4.72. The lowest BCUT2D eigenvalue weighted by Gasteiger charge is -2.27. The van der Waals surface area contributed by atoms with E-state index >= 15 is 0 Å². The Morgan fingerprint density at radius 3 is 2.90 bits per heavy atom. The second-order valence-corrected chi connectivity index (χ2v) is 8.45. The number of hydrogen-bond acceptors (Lipinski definition) is 6. The lowest BCUT2D eigenvalue weighted by Crippen LogP contribution is -2.28. The van der Waals surface area contributed by atoms with E-state index in [9.17, 15) is 4.79 Å². The highest BCUT2D eigenvalue weighted by atomic mass is 35.5. The largest absolute Gasteiger partial charge is 0.472 e. The Balaban J connectivity index is 1.36. The predicted molar refractivity (Wildman–Crippen MR) is 111 cm³/mol. The van der Waals surface area contributed by atoms with Crippen LogP contribution in [0.25, 0.3) is 0 Å². The molecule has 1 saturated carbocycles. The highest BCUT2D eigenvalue weighted by Gasteiger charge is 2.29. The topological polar surface area (TPSA) is 78.6 Å². The average Bonchev–Trinajstić information content (AvgIpc) is 3.19. The molecule has 6 nitrogen and oxygen atoms in total. The number of pyridine rings is 1. The normalized spacial score (nSPS) is 27.2. The Morgan fingerprint density at radius 2 is 2.10 bits per heavy atom. The highest BCUT2D eigenvalue weighted by molar-refractivity contribution is 6.44. The first-order valence-corrected chi connectivity index (χ1v) is 10.7. The van der Waals surface area contributed by atoms with Crippen LogP contribution >= 0.6 is 11.6 Å². The molecule has 2 aliphatic heterocycles. The maximum absolute atomic E-state index is 11.8. The fourth-order valence-electron chi connectivity index (χ4n) is 4.49. The molecule has 1 atom stereocenters. The standard InChI is InChI=1S/C22H25ClN4O2/c23-22-19(12-25-13-20(22)28)27-10-7-18(14-27)29-21-11-17(6-9-26-21)16-3-1-15(2-4-16)5-8-24/h6,9,11-12,15-16,18H,1-5,7,10,13-14H2/t15?,16?,18-/m1/s1. The van der Waals surface area contributed by atoms with Crippen molar-refractivity contribution in [3.8, 4) is 11.9 Å². The minimum absolute atomic E-state index is 0.00603. The zero-order valence-electron chi connectivity index (χ0n) is 16.4. The first-order valence-electron chi connectivity index (χ1n) is 10.3. The van der Waals surface area contributed by atoms with E-state index in [0.717, 1.165) is 38.6 Å². The van der Waals surface area contributed by atoms with Crippen molar-refractivity contribution < 1.29 is 9.53 Å². The van der Waals surface area contributed by atoms with Gasteiger partial charge in [0.05, 0.1) is 18.3 Å². The SMILES string of the molecule is N#CCC1CCC(c2ccnc(O[C@@H]3CCN(C4=C(Cl)C(=O)CN=C4)C3)c2)CC1. The summed E-state index contributed by atoms with van der Waals surface area (Å²) < 4.78 is 6.16. The molecule has 1 aromatic rings. The van der Waals surface area contributed by atoms with Crippen LogP contribution in [0.1, 0.15) is 50.0 Å². The van der Waals surface area contributed by atoms with E-state index in [1.165, 1.54) is 5.56 Å². The van der Waals surface area contributed by atoms with Crippen molar-refractivity contribution in [3.05, 3.63) is 34.6 Å². The summed E-state index contributed by atoms with van der Waals surface area (Å²) in [6.45, 7) is 1.57. The van der Waals surface area contributed by atoms with Crippen molar-refractivity contribution in [2.75, 3.05) is 19.6 Å². The maximum atomic E-state index is 11.8. The van der Waals surface area contributed by atoms with Crippen molar-refractivity contribution in [1.29, 1.82) is 5.26 Å². The molecule has 7 heteroatoms. The van der Waals surface area contributed by atoms with Gasteiger partial charge in [0.1, 0.15) is 17.7 Å². The Labute approximate surface area is 176 Å². The van der Waals surface area contributed by atoms with Gasteiger partial charge in [-0.2, -0.15) is 5.26 Å². The molecule has 0 N–H and O–H groups in total. The molecule has 1 aliphatic carbocycles. The monoisotopic (exact) mass is 412 g/mol. The molecule has 0 radical (unpaired) electrons. The zero-order valence-corrected chi connectivity index (χ0v) is 17.1. The molecule has 29 heavy (non-hydrogen) atoms. The number of nitriles is 1. The Morgan fingerprint density at radius 1 is 1.28 bits per heavy atom. The Hall–Kier alpha value is -2.39. The van der Waals surface area contributed by atoms with E-state index in [0.29, 0.717) is 36.4 Å². The minimum Gasteiger partial charge on any atom is -0.472 e. The number of ketones is 1.